The Morgan fingerprint density at radius 1 is 1.38 bits per heavy atom. The van der Waals surface area contributed by atoms with Crippen LogP contribution in [0.5, 0.6) is 0 Å². The number of aromatic nitrogens is 5. The molecule has 0 atom stereocenters. The van der Waals surface area contributed by atoms with Gasteiger partial charge in [0.1, 0.15) is 5.69 Å². The van der Waals surface area contributed by atoms with Crippen LogP contribution in [0.2, 0.25) is 0 Å². The predicted octanol–water partition coefficient (Wildman–Crippen LogP) is 1.18. The van der Waals surface area contributed by atoms with E-state index in [4.69, 9.17) is 0 Å². The van der Waals surface area contributed by atoms with E-state index in [1.165, 1.54) is 0 Å². The molecule has 1 aliphatic rings. The standard InChI is InChI=1S/C14H23N7/c1-4-21-12(9-10(2)19-21)13-16-14(18-17-13)20-7-5-11(15-3)6-8-20/h9,11,15H,4-8H2,1-3H3,(H,16,17,18). The highest BCUT2D eigenvalue weighted by atomic mass is 15.4. The third-order valence-corrected chi connectivity index (χ3v) is 4.10. The van der Waals surface area contributed by atoms with Gasteiger partial charge in [0.05, 0.1) is 5.69 Å². The van der Waals surface area contributed by atoms with E-state index in [2.05, 4.69) is 37.4 Å². The molecule has 3 heterocycles. The van der Waals surface area contributed by atoms with Gasteiger partial charge in [0.2, 0.25) is 5.95 Å². The first-order valence-corrected chi connectivity index (χ1v) is 7.60. The van der Waals surface area contributed by atoms with Gasteiger partial charge in [-0.05, 0) is 39.8 Å². The SMILES string of the molecule is CCn1nc(C)cc1-c1nc(N2CCC(NC)CC2)n[nH]1. The zero-order valence-corrected chi connectivity index (χ0v) is 12.9. The van der Waals surface area contributed by atoms with Crippen LogP contribution in [0, 0.1) is 6.92 Å². The number of H-pyrrole nitrogens is 1. The fourth-order valence-corrected chi connectivity index (χ4v) is 2.85. The van der Waals surface area contributed by atoms with Gasteiger partial charge in [0, 0.05) is 25.7 Å². The topological polar surface area (TPSA) is 74.7 Å². The third-order valence-electron chi connectivity index (χ3n) is 4.10. The second-order valence-corrected chi connectivity index (χ2v) is 5.52. The van der Waals surface area contributed by atoms with Crippen molar-refractivity contribution in [2.45, 2.75) is 39.3 Å². The van der Waals surface area contributed by atoms with Gasteiger partial charge < -0.3 is 10.2 Å². The third kappa shape index (κ3) is 2.78. The summed E-state index contributed by atoms with van der Waals surface area (Å²) in [4.78, 5) is 6.90. The number of rotatable bonds is 4. The molecule has 0 amide bonds. The minimum Gasteiger partial charge on any atom is -0.339 e. The Hall–Kier alpha value is -1.89. The van der Waals surface area contributed by atoms with Crippen LogP contribution in [-0.2, 0) is 6.54 Å². The lowest BCUT2D eigenvalue weighted by Gasteiger charge is -2.30. The first kappa shape index (κ1) is 14.1. The van der Waals surface area contributed by atoms with Crippen molar-refractivity contribution < 1.29 is 0 Å². The van der Waals surface area contributed by atoms with Crippen LogP contribution in [0.15, 0.2) is 6.07 Å². The molecule has 0 saturated carbocycles. The fraction of sp³-hybridized carbons (Fsp3) is 0.643. The molecule has 1 aliphatic heterocycles. The van der Waals surface area contributed by atoms with Crippen molar-refractivity contribution in [1.82, 2.24) is 30.3 Å². The van der Waals surface area contributed by atoms with Crippen LogP contribution in [-0.4, -0.2) is 51.1 Å². The van der Waals surface area contributed by atoms with Crippen molar-refractivity contribution in [1.29, 1.82) is 0 Å². The zero-order valence-electron chi connectivity index (χ0n) is 12.9. The second-order valence-electron chi connectivity index (χ2n) is 5.52. The van der Waals surface area contributed by atoms with E-state index in [1.807, 2.05) is 24.7 Å². The van der Waals surface area contributed by atoms with Crippen molar-refractivity contribution in [2.24, 2.45) is 0 Å². The summed E-state index contributed by atoms with van der Waals surface area (Å²) in [6.07, 6.45) is 2.26. The number of nitrogens with one attached hydrogen (secondary N) is 2. The van der Waals surface area contributed by atoms with E-state index in [-0.39, 0.29) is 0 Å². The van der Waals surface area contributed by atoms with Crippen molar-refractivity contribution in [3.63, 3.8) is 0 Å². The summed E-state index contributed by atoms with van der Waals surface area (Å²) in [6.45, 7) is 6.89. The lowest BCUT2D eigenvalue weighted by Crippen LogP contribution is -2.41. The molecule has 1 saturated heterocycles. The highest BCUT2D eigenvalue weighted by Crippen LogP contribution is 2.21. The highest BCUT2D eigenvalue weighted by molar-refractivity contribution is 5.52. The van der Waals surface area contributed by atoms with E-state index in [9.17, 15) is 0 Å². The maximum absolute atomic E-state index is 4.65. The summed E-state index contributed by atoms with van der Waals surface area (Å²) in [5, 5.41) is 15.2. The largest absolute Gasteiger partial charge is 0.339 e. The summed E-state index contributed by atoms with van der Waals surface area (Å²) in [5.41, 5.74) is 2.00. The maximum Gasteiger partial charge on any atom is 0.245 e. The Morgan fingerprint density at radius 2 is 2.14 bits per heavy atom. The van der Waals surface area contributed by atoms with Gasteiger partial charge in [-0.2, -0.15) is 10.1 Å². The Labute approximate surface area is 124 Å². The van der Waals surface area contributed by atoms with Gasteiger partial charge in [-0.15, -0.1) is 5.10 Å². The molecule has 3 rings (SSSR count). The number of anilines is 1. The average Bonchev–Trinajstić information content (AvgIpc) is 3.13. The Bertz CT molecular complexity index is 592. The number of aryl methyl sites for hydroxylation is 2. The molecule has 0 bridgehead atoms. The Morgan fingerprint density at radius 3 is 2.81 bits per heavy atom. The van der Waals surface area contributed by atoms with Crippen molar-refractivity contribution in [3.8, 4) is 11.5 Å². The smallest absolute Gasteiger partial charge is 0.245 e. The van der Waals surface area contributed by atoms with Crippen LogP contribution in [0.4, 0.5) is 5.95 Å². The molecule has 0 radical (unpaired) electrons. The van der Waals surface area contributed by atoms with Crippen molar-refractivity contribution >= 4 is 5.95 Å². The highest BCUT2D eigenvalue weighted by Gasteiger charge is 2.21. The van der Waals surface area contributed by atoms with Gasteiger partial charge >= 0.3 is 0 Å². The number of hydrogen-bond acceptors (Lipinski definition) is 5. The summed E-state index contributed by atoms with van der Waals surface area (Å²) >= 11 is 0. The predicted molar refractivity (Wildman–Crippen MR) is 82.3 cm³/mol. The van der Waals surface area contributed by atoms with Gasteiger partial charge in [-0.1, -0.05) is 0 Å². The number of nitrogens with zero attached hydrogens (tertiary/aromatic N) is 5. The molecule has 2 aromatic rings. The molecule has 114 valence electrons. The van der Waals surface area contributed by atoms with Crippen molar-refractivity contribution in [3.05, 3.63) is 11.8 Å². The molecule has 0 unspecified atom stereocenters. The van der Waals surface area contributed by atoms with E-state index < -0.39 is 0 Å². The van der Waals surface area contributed by atoms with E-state index in [0.717, 1.165) is 55.6 Å². The second kappa shape index (κ2) is 5.85. The maximum atomic E-state index is 4.65. The molecule has 0 aromatic carbocycles. The van der Waals surface area contributed by atoms with E-state index in [1.54, 1.807) is 0 Å². The van der Waals surface area contributed by atoms with E-state index >= 15 is 0 Å². The van der Waals surface area contributed by atoms with Crippen LogP contribution in [0.25, 0.3) is 11.5 Å². The molecule has 0 spiro atoms. The number of aromatic amines is 1. The Kier molecular flexibility index (Phi) is 3.92. The number of hydrogen-bond donors (Lipinski definition) is 2. The summed E-state index contributed by atoms with van der Waals surface area (Å²) in [5.74, 6) is 1.59. The monoisotopic (exact) mass is 289 g/mol. The van der Waals surface area contributed by atoms with Crippen LogP contribution >= 0.6 is 0 Å². The average molecular weight is 289 g/mol. The van der Waals surface area contributed by atoms with Gasteiger partial charge in [-0.25, -0.2) is 0 Å². The van der Waals surface area contributed by atoms with Crippen LogP contribution in [0.1, 0.15) is 25.5 Å². The first-order chi connectivity index (χ1) is 10.2. The Balaban J connectivity index is 1.77. The molecule has 0 aliphatic carbocycles. The lowest BCUT2D eigenvalue weighted by molar-refractivity contribution is 0.439. The van der Waals surface area contributed by atoms with E-state index in [0.29, 0.717) is 6.04 Å². The fourth-order valence-electron chi connectivity index (χ4n) is 2.85. The lowest BCUT2D eigenvalue weighted by atomic mass is 10.1. The zero-order chi connectivity index (χ0) is 14.8. The summed E-state index contributed by atoms with van der Waals surface area (Å²) < 4.78 is 1.95. The summed E-state index contributed by atoms with van der Waals surface area (Å²) in [6, 6.07) is 2.66. The number of piperidine rings is 1. The molecular formula is C14H23N7. The molecular weight excluding hydrogens is 266 g/mol. The summed E-state index contributed by atoms with van der Waals surface area (Å²) in [7, 11) is 2.03. The first-order valence-electron chi connectivity index (χ1n) is 7.60. The molecule has 2 aromatic heterocycles. The van der Waals surface area contributed by atoms with Crippen molar-refractivity contribution in [2.75, 3.05) is 25.0 Å². The minimum absolute atomic E-state index is 0.615. The normalized spacial score (nSPS) is 16.6. The molecule has 7 nitrogen and oxygen atoms in total. The quantitative estimate of drug-likeness (QED) is 0.884. The molecule has 1 fully saturated rings. The molecule has 7 heteroatoms. The van der Waals surface area contributed by atoms with Crippen LogP contribution < -0.4 is 10.2 Å². The molecule has 2 N–H and O–H groups in total. The molecule has 21 heavy (non-hydrogen) atoms. The van der Waals surface area contributed by atoms with Gasteiger partial charge in [-0.3, -0.25) is 9.78 Å². The van der Waals surface area contributed by atoms with Gasteiger partial charge in [0.15, 0.2) is 5.82 Å². The van der Waals surface area contributed by atoms with Crippen LogP contribution in [0.3, 0.4) is 0 Å². The minimum atomic E-state index is 0.615. The van der Waals surface area contributed by atoms with Gasteiger partial charge in [0.25, 0.3) is 0 Å².